The minimum Gasteiger partial charge on any atom is -0.489 e. The average Bonchev–Trinajstić information content (AvgIpc) is 3.32. The Kier molecular flexibility index (Phi) is 6.91. The molecular formula is C29H22ClFN2O3S. The van der Waals surface area contributed by atoms with Crippen LogP contribution in [0, 0.1) is 19.7 Å². The summed E-state index contributed by atoms with van der Waals surface area (Å²) in [5.74, 6) is 0.0525. The normalized spacial score (nSPS) is 14.6. The number of amides is 2. The fourth-order valence-corrected chi connectivity index (χ4v) is 5.23. The van der Waals surface area contributed by atoms with Gasteiger partial charge in [0, 0.05) is 22.1 Å². The molecular weight excluding hydrogens is 511 g/mol. The van der Waals surface area contributed by atoms with Gasteiger partial charge in [-0.25, -0.2) is 9.29 Å². The first-order chi connectivity index (χ1) is 17.8. The second kappa shape index (κ2) is 10.3. The molecule has 5 rings (SSSR count). The van der Waals surface area contributed by atoms with Crippen molar-refractivity contribution in [1.82, 2.24) is 4.57 Å². The van der Waals surface area contributed by atoms with Gasteiger partial charge in [0.2, 0.25) is 0 Å². The van der Waals surface area contributed by atoms with Gasteiger partial charge in [-0.2, -0.15) is 0 Å². The van der Waals surface area contributed by atoms with Crippen LogP contribution in [-0.4, -0.2) is 15.7 Å². The molecule has 1 aromatic heterocycles. The molecule has 2 amide bonds. The van der Waals surface area contributed by atoms with Crippen molar-refractivity contribution in [2.45, 2.75) is 20.5 Å². The first-order valence-electron chi connectivity index (χ1n) is 11.5. The number of carbonyl (C=O) groups is 2. The fraction of sp³-hybridized carbons (Fsp3) is 0.103. The lowest BCUT2D eigenvalue weighted by molar-refractivity contribution is -0.113. The Morgan fingerprint density at radius 1 is 0.946 bits per heavy atom. The van der Waals surface area contributed by atoms with E-state index in [1.165, 1.54) is 12.1 Å². The number of ether oxygens (including phenoxy) is 1. The third-order valence-electron chi connectivity index (χ3n) is 6.03. The van der Waals surface area contributed by atoms with Crippen LogP contribution < -0.4 is 9.64 Å². The fourth-order valence-electron chi connectivity index (χ4n) is 4.22. The molecule has 1 aliphatic rings. The summed E-state index contributed by atoms with van der Waals surface area (Å²) in [6.45, 7) is 4.30. The molecule has 2 heterocycles. The van der Waals surface area contributed by atoms with Crippen LogP contribution in [0.15, 0.2) is 83.8 Å². The molecule has 3 aromatic carbocycles. The maximum atomic E-state index is 13.1. The van der Waals surface area contributed by atoms with E-state index in [2.05, 4.69) is 4.57 Å². The smallest absolute Gasteiger partial charge is 0.298 e. The van der Waals surface area contributed by atoms with E-state index in [4.69, 9.17) is 16.3 Å². The van der Waals surface area contributed by atoms with Gasteiger partial charge >= 0.3 is 0 Å². The molecule has 0 radical (unpaired) electrons. The third kappa shape index (κ3) is 5.19. The maximum absolute atomic E-state index is 13.1. The lowest BCUT2D eigenvalue weighted by atomic mass is 10.2. The molecule has 8 heteroatoms. The highest BCUT2D eigenvalue weighted by atomic mass is 35.5. The number of nitrogens with zero attached hydrogens (tertiary/aromatic N) is 2. The number of aryl methyl sites for hydroxylation is 1. The van der Waals surface area contributed by atoms with E-state index >= 15 is 0 Å². The number of imide groups is 1. The molecule has 0 N–H and O–H groups in total. The number of aromatic nitrogens is 1. The van der Waals surface area contributed by atoms with Gasteiger partial charge in [0.1, 0.15) is 18.2 Å². The zero-order valence-corrected chi connectivity index (χ0v) is 21.6. The van der Waals surface area contributed by atoms with Crippen molar-refractivity contribution in [3.05, 3.63) is 117 Å². The molecule has 0 atom stereocenters. The number of hydrogen-bond acceptors (Lipinski definition) is 4. The van der Waals surface area contributed by atoms with Crippen LogP contribution in [0.5, 0.6) is 5.75 Å². The van der Waals surface area contributed by atoms with Crippen LogP contribution in [0.25, 0.3) is 11.8 Å². The zero-order valence-electron chi connectivity index (χ0n) is 20.1. The molecule has 5 nitrogen and oxygen atoms in total. The summed E-state index contributed by atoms with van der Waals surface area (Å²) < 4.78 is 21.0. The molecule has 0 unspecified atom stereocenters. The van der Waals surface area contributed by atoms with Gasteiger partial charge in [0.05, 0.1) is 10.6 Å². The second-order valence-corrected chi connectivity index (χ2v) is 10.00. The molecule has 0 spiro atoms. The van der Waals surface area contributed by atoms with Gasteiger partial charge in [-0.15, -0.1) is 0 Å². The van der Waals surface area contributed by atoms with Crippen LogP contribution >= 0.6 is 23.4 Å². The number of anilines is 1. The summed E-state index contributed by atoms with van der Waals surface area (Å²) in [7, 11) is 0. The summed E-state index contributed by atoms with van der Waals surface area (Å²) >= 11 is 6.96. The van der Waals surface area contributed by atoms with E-state index in [1.54, 1.807) is 42.5 Å². The van der Waals surface area contributed by atoms with Crippen molar-refractivity contribution >= 4 is 46.3 Å². The highest BCUT2D eigenvalue weighted by molar-refractivity contribution is 8.19. The van der Waals surface area contributed by atoms with Crippen LogP contribution in [0.2, 0.25) is 5.02 Å². The summed E-state index contributed by atoms with van der Waals surface area (Å²) in [6.07, 6.45) is 1.76. The minimum atomic E-state index is -0.371. The van der Waals surface area contributed by atoms with Crippen LogP contribution in [0.4, 0.5) is 14.9 Å². The van der Waals surface area contributed by atoms with Crippen molar-refractivity contribution in [2.75, 3.05) is 4.90 Å². The first kappa shape index (κ1) is 24.9. The highest BCUT2D eigenvalue weighted by Crippen LogP contribution is 2.37. The van der Waals surface area contributed by atoms with E-state index in [1.807, 2.05) is 44.2 Å². The summed E-state index contributed by atoms with van der Waals surface area (Å²) in [5, 5.41) is 0.0968. The Hall–Kier alpha value is -3.81. The molecule has 186 valence electrons. The molecule has 1 aliphatic heterocycles. The lowest BCUT2D eigenvalue weighted by Crippen LogP contribution is -2.27. The van der Waals surface area contributed by atoms with Crippen molar-refractivity contribution in [1.29, 1.82) is 0 Å². The number of thioether (sulfide) groups is 1. The Labute approximate surface area is 223 Å². The van der Waals surface area contributed by atoms with Gasteiger partial charge in [-0.05, 0) is 103 Å². The van der Waals surface area contributed by atoms with E-state index in [0.717, 1.165) is 44.9 Å². The largest absolute Gasteiger partial charge is 0.489 e. The van der Waals surface area contributed by atoms with E-state index in [9.17, 15) is 14.0 Å². The highest BCUT2D eigenvalue weighted by Gasteiger charge is 2.36. The molecule has 0 saturated carbocycles. The number of halogens is 2. The summed E-state index contributed by atoms with van der Waals surface area (Å²) in [6, 6.07) is 22.6. The Balaban J connectivity index is 1.35. The predicted octanol–water partition coefficient (Wildman–Crippen LogP) is 7.71. The Morgan fingerprint density at radius 2 is 1.68 bits per heavy atom. The first-order valence-corrected chi connectivity index (χ1v) is 12.7. The summed E-state index contributed by atoms with van der Waals surface area (Å²) in [5.41, 5.74) is 5.05. The number of carbonyl (C=O) groups excluding carboxylic acids is 2. The standard InChI is InChI=1S/C29H22ClFN2O3S/c1-18-14-21(15-27-28(34)33(29(35)37-27)25-5-3-4-22(30)16-25)19(2)32(18)24-10-12-26(13-11-24)36-17-20-6-8-23(31)9-7-20/h3-16H,17H2,1-2H3/b27-15+. The number of benzene rings is 3. The quantitative estimate of drug-likeness (QED) is 0.239. The molecule has 37 heavy (non-hydrogen) atoms. The van der Waals surface area contributed by atoms with Crippen LogP contribution in [-0.2, 0) is 11.4 Å². The van der Waals surface area contributed by atoms with Gasteiger partial charge in [0.25, 0.3) is 11.1 Å². The monoisotopic (exact) mass is 532 g/mol. The van der Waals surface area contributed by atoms with Gasteiger partial charge in [-0.1, -0.05) is 29.8 Å². The minimum absolute atomic E-state index is 0.276. The molecule has 0 bridgehead atoms. The van der Waals surface area contributed by atoms with Crippen molar-refractivity contribution < 1.29 is 18.7 Å². The maximum Gasteiger partial charge on any atom is 0.298 e. The van der Waals surface area contributed by atoms with Crippen molar-refractivity contribution in [3.8, 4) is 11.4 Å². The van der Waals surface area contributed by atoms with Gasteiger partial charge in [-0.3, -0.25) is 9.59 Å². The second-order valence-electron chi connectivity index (χ2n) is 8.57. The molecule has 0 aliphatic carbocycles. The average molecular weight is 533 g/mol. The zero-order chi connectivity index (χ0) is 26.1. The van der Waals surface area contributed by atoms with Gasteiger partial charge in [0.15, 0.2) is 0 Å². The molecule has 4 aromatic rings. The topological polar surface area (TPSA) is 51.5 Å². The number of rotatable bonds is 6. The molecule has 1 saturated heterocycles. The van der Waals surface area contributed by atoms with E-state index in [0.29, 0.717) is 28.0 Å². The van der Waals surface area contributed by atoms with Gasteiger partial charge < -0.3 is 9.30 Å². The lowest BCUT2D eigenvalue weighted by Gasteiger charge is -2.12. The van der Waals surface area contributed by atoms with E-state index < -0.39 is 0 Å². The number of hydrogen-bond donors (Lipinski definition) is 0. The van der Waals surface area contributed by atoms with Crippen molar-refractivity contribution in [3.63, 3.8) is 0 Å². The van der Waals surface area contributed by atoms with E-state index in [-0.39, 0.29) is 17.0 Å². The Bertz CT molecular complexity index is 1530. The van der Waals surface area contributed by atoms with Crippen LogP contribution in [0.1, 0.15) is 22.5 Å². The van der Waals surface area contributed by atoms with Crippen molar-refractivity contribution in [2.24, 2.45) is 0 Å². The predicted molar refractivity (Wildman–Crippen MR) is 146 cm³/mol. The Morgan fingerprint density at radius 3 is 2.38 bits per heavy atom. The van der Waals surface area contributed by atoms with Crippen LogP contribution in [0.3, 0.4) is 0 Å². The SMILES string of the molecule is Cc1cc(/C=C2/SC(=O)N(c3cccc(Cl)c3)C2=O)c(C)n1-c1ccc(OCc2ccc(F)cc2)cc1. The third-order valence-corrected chi connectivity index (χ3v) is 7.14. The molecule has 1 fully saturated rings. The summed E-state index contributed by atoms with van der Waals surface area (Å²) in [4.78, 5) is 27.2.